The van der Waals surface area contributed by atoms with Crippen molar-refractivity contribution in [2.24, 2.45) is 0 Å². The molecule has 0 aromatic heterocycles. The molecule has 2 aliphatic heterocycles. The Morgan fingerprint density at radius 3 is 2.56 bits per heavy atom. The van der Waals surface area contributed by atoms with E-state index in [2.05, 4.69) is 0 Å². The zero-order valence-electron chi connectivity index (χ0n) is 10.9. The molecule has 18 heavy (non-hydrogen) atoms. The van der Waals surface area contributed by atoms with E-state index in [1.54, 1.807) is 20.8 Å². The summed E-state index contributed by atoms with van der Waals surface area (Å²) in [5.74, 6) is -1.04. The van der Waals surface area contributed by atoms with Crippen molar-refractivity contribution in [2.45, 2.75) is 57.5 Å². The van der Waals surface area contributed by atoms with Crippen LogP contribution < -0.4 is 0 Å². The summed E-state index contributed by atoms with van der Waals surface area (Å²) in [5.41, 5.74) is -0.627. The van der Waals surface area contributed by atoms with Gasteiger partial charge in [-0.1, -0.05) is 0 Å². The van der Waals surface area contributed by atoms with Crippen molar-refractivity contribution in [2.75, 3.05) is 6.54 Å². The number of hydrogen-bond acceptors (Lipinski definition) is 4. The molecule has 0 aromatic rings. The highest BCUT2D eigenvalue weighted by molar-refractivity contribution is 5.81. The molecular weight excluding hydrogens is 238 g/mol. The number of carbonyl (C=O) groups excluding carboxylic acids is 1. The molecule has 2 fully saturated rings. The molecular formula is C12H19NO5. The van der Waals surface area contributed by atoms with Gasteiger partial charge in [0, 0.05) is 0 Å². The number of ether oxygens (including phenoxy) is 2. The van der Waals surface area contributed by atoms with E-state index in [0.717, 1.165) is 6.42 Å². The average Bonchev–Trinajstić information content (AvgIpc) is 2.56. The third-order valence-corrected chi connectivity index (χ3v) is 3.11. The van der Waals surface area contributed by atoms with Gasteiger partial charge in [-0.15, -0.1) is 0 Å². The van der Waals surface area contributed by atoms with Crippen LogP contribution in [0.5, 0.6) is 0 Å². The van der Waals surface area contributed by atoms with Crippen LogP contribution in [0.3, 0.4) is 0 Å². The topological polar surface area (TPSA) is 76.1 Å². The van der Waals surface area contributed by atoms with Crippen molar-refractivity contribution in [1.82, 2.24) is 4.90 Å². The SMILES string of the molecule is CC(C)(C)OC(=O)N1CC2CCC(O2)C1C(=O)O. The first-order valence-electron chi connectivity index (χ1n) is 6.16. The third-order valence-electron chi connectivity index (χ3n) is 3.11. The highest BCUT2D eigenvalue weighted by Crippen LogP contribution is 2.32. The zero-order valence-corrected chi connectivity index (χ0v) is 10.9. The minimum absolute atomic E-state index is 0.0573. The Hall–Kier alpha value is -1.30. The van der Waals surface area contributed by atoms with Crippen molar-refractivity contribution in [3.05, 3.63) is 0 Å². The van der Waals surface area contributed by atoms with Gasteiger partial charge in [0.05, 0.1) is 18.8 Å². The van der Waals surface area contributed by atoms with Gasteiger partial charge in [0.15, 0.2) is 6.04 Å². The maximum Gasteiger partial charge on any atom is 0.411 e. The Balaban J connectivity index is 2.14. The minimum atomic E-state index is -1.04. The van der Waals surface area contributed by atoms with Gasteiger partial charge in [-0.2, -0.15) is 0 Å². The Morgan fingerprint density at radius 1 is 1.33 bits per heavy atom. The van der Waals surface area contributed by atoms with Crippen LogP contribution in [-0.4, -0.2) is 52.5 Å². The fourth-order valence-corrected chi connectivity index (χ4v) is 2.43. The number of fused-ring (bicyclic) bond motifs is 2. The Bertz CT molecular complexity index is 362. The molecule has 102 valence electrons. The van der Waals surface area contributed by atoms with Crippen LogP contribution in [0, 0.1) is 0 Å². The predicted molar refractivity (Wildman–Crippen MR) is 62.3 cm³/mol. The van der Waals surface area contributed by atoms with Gasteiger partial charge in [0.25, 0.3) is 0 Å². The van der Waals surface area contributed by atoms with E-state index in [0.29, 0.717) is 13.0 Å². The van der Waals surface area contributed by atoms with E-state index < -0.39 is 29.8 Å². The summed E-state index contributed by atoms with van der Waals surface area (Å²) in [6.07, 6.45) is 0.441. The van der Waals surface area contributed by atoms with Crippen LogP contribution in [0.2, 0.25) is 0 Å². The molecule has 1 N–H and O–H groups in total. The fraction of sp³-hybridized carbons (Fsp3) is 0.833. The van der Waals surface area contributed by atoms with Gasteiger partial charge in [0.2, 0.25) is 0 Å². The summed E-state index contributed by atoms with van der Waals surface area (Å²) in [6, 6.07) is -0.932. The van der Waals surface area contributed by atoms with Crippen LogP contribution in [0.15, 0.2) is 0 Å². The standard InChI is InChI=1S/C12H19NO5/c1-12(2,3)18-11(16)13-6-7-4-5-8(17-7)9(13)10(14)15/h7-9H,4-6H2,1-3H3,(H,14,15). The molecule has 0 aromatic carbocycles. The lowest BCUT2D eigenvalue weighted by Gasteiger charge is -2.38. The second-order valence-corrected chi connectivity index (χ2v) is 5.79. The van der Waals surface area contributed by atoms with Gasteiger partial charge in [-0.25, -0.2) is 9.59 Å². The van der Waals surface area contributed by atoms with Crippen molar-refractivity contribution in [1.29, 1.82) is 0 Å². The number of aliphatic carboxylic acids is 1. The summed E-state index contributed by atoms with van der Waals surface area (Å²) < 4.78 is 10.8. The molecule has 2 heterocycles. The first kappa shape index (κ1) is 13.1. The fourth-order valence-electron chi connectivity index (χ4n) is 2.43. The van der Waals surface area contributed by atoms with Gasteiger partial charge >= 0.3 is 12.1 Å². The van der Waals surface area contributed by atoms with E-state index in [1.807, 2.05) is 0 Å². The largest absolute Gasteiger partial charge is 0.480 e. The number of carbonyl (C=O) groups is 2. The van der Waals surface area contributed by atoms with Gasteiger partial charge in [0.1, 0.15) is 5.60 Å². The number of carboxylic acid groups (broad SMARTS) is 1. The van der Waals surface area contributed by atoms with Gasteiger partial charge in [-0.3, -0.25) is 4.90 Å². The van der Waals surface area contributed by atoms with Crippen LogP contribution in [0.25, 0.3) is 0 Å². The van der Waals surface area contributed by atoms with E-state index in [9.17, 15) is 14.7 Å². The van der Waals surface area contributed by atoms with Crippen LogP contribution in [-0.2, 0) is 14.3 Å². The Morgan fingerprint density at radius 2 is 2.00 bits per heavy atom. The number of nitrogens with zero attached hydrogens (tertiary/aromatic N) is 1. The molecule has 6 nitrogen and oxygen atoms in total. The number of rotatable bonds is 1. The number of likely N-dealkylation sites (tertiary alicyclic amines) is 1. The van der Waals surface area contributed by atoms with Crippen molar-refractivity contribution >= 4 is 12.1 Å². The van der Waals surface area contributed by atoms with Crippen LogP contribution in [0.4, 0.5) is 4.79 Å². The normalized spacial score (nSPS) is 31.3. The average molecular weight is 257 g/mol. The molecule has 2 saturated heterocycles. The molecule has 2 aliphatic rings. The van der Waals surface area contributed by atoms with E-state index in [-0.39, 0.29) is 6.10 Å². The third kappa shape index (κ3) is 2.58. The lowest BCUT2D eigenvalue weighted by Crippen LogP contribution is -2.57. The smallest absolute Gasteiger partial charge is 0.411 e. The first-order chi connectivity index (χ1) is 8.28. The Labute approximate surface area is 106 Å². The highest BCUT2D eigenvalue weighted by Gasteiger charge is 2.48. The van der Waals surface area contributed by atoms with E-state index in [4.69, 9.17) is 9.47 Å². The van der Waals surface area contributed by atoms with Gasteiger partial charge < -0.3 is 14.6 Å². The number of hydrogen-bond donors (Lipinski definition) is 1. The summed E-state index contributed by atoms with van der Waals surface area (Å²) in [7, 11) is 0. The van der Waals surface area contributed by atoms with Crippen molar-refractivity contribution < 1.29 is 24.2 Å². The molecule has 2 bridgehead atoms. The molecule has 0 spiro atoms. The molecule has 2 rings (SSSR count). The maximum absolute atomic E-state index is 12.0. The lowest BCUT2D eigenvalue weighted by atomic mass is 10.1. The minimum Gasteiger partial charge on any atom is -0.480 e. The van der Waals surface area contributed by atoms with Crippen molar-refractivity contribution in [3.63, 3.8) is 0 Å². The zero-order chi connectivity index (χ0) is 13.5. The summed E-state index contributed by atoms with van der Waals surface area (Å²) in [4.78, 5) is 24.6. The molecule has 0 radical (unpaired) electrons. The highest BCUT2D eigenvalue weighted by atomic mass is 16.6. The summed E-state index contributed by atoms with van der Waals surface area (Å²) in [6.45, 7) is 5.57. The number of amides is 1. The van der Waals surface area contributed by atoms with Crippen molar-refractivity contribution in [3.8, 4) is 0 Å². The monoisotopic (exact) mass is 257 g/mol. The maximum atomic E-state index is 12.0. The lowest BCUT2D eigenvalue weighted by molar-refractivity contribution is -0.156. The second-order valence-electron chi connectivity index (χ2n) is 5.79. The van der Waals surface area contributed by atoms with E-state index in [1.165, 1.54) is 4.90 Å². The molecule has 3 atom stereocenters. The number of morpholine rings is 1. The molecule has 3 unspecified atom stereocenters. The Kier molecular flexibility index (Phi) is 3.23. The quantitative estimate of drug-likeness (QED) is 0.764. The first-order valence-corrected chi connectivity index (χ1v) is 6.16. The molecule has 0 saturated carbocycles. The molecule has 1 amide bonds. The summed E-state index contributed by atoms with van der Waals surface area (Å²) in [5, 5.41) is 9.25. The van der Waals surface area contributed by atoms with Crippen LogP contribution >= 0.6 is 0 Å². The number of carboxylic acids is 1. The predicted octanol–water partition coefficient (Wildman–Crippen LogP) is 1.24. The van der Waals surface area contributed by atoms with Crippen LogP contribution in [0.1, 0.15) is 33.6 Å². The van der Waals surface area contributed by atoms with Gasteiger partial charge in [-0.05, 0) is 33.6 Å². The summed E-state index contributed by atoms with van der Waals surface area (Å²) >= 11 is 0. The molecule has 6 heteroatoms. The van der Waals surface area contributed by atoms with E-state index >= 15 is 0 Å². The second kappa shape index (κ2) is 4.42. The molecule has 0 aliphatic carbocycles.